The second kappa shape index (κ2) is 6.59. The molecule has 1 unspecified atom stereocenters. The first-order valence-electron chi connectivity index (χ1n) is 7.25. The van der Waals surface area contributed by atoms with Crippen LogP contribution in [0.2, 0.25) is 0 Å². The number of benzene rings is 1. The summed E-state index contributed by atoms with van der Waals surface area (Å²) in [5, 5.41) is 21.9. The molecule has 5 nitrogen and oxygen atoms in total. The first-order valence-corrected chi connectivity index (χ1v) is 7.25. The number of nitrogens with one attached hydrogen (secondary N) is 1. The fourth-order valence-electron chi connectivity index (χ4n) is 2.79. The van der Waals surface area contributed by atoms with Gasteiger partial charge in [0.05, 0.1) is 17.7 Å². The van der Waals surface area contributed by atoms with Crippen molar-refractivity contribution in [2.45, 2.75) is 38.8 Å². The van der Waals surface area contributed by atoms with Crippen LogP contribution in [0.3, 0.4) is 0 Å². The van der Waals surface area contributed by atoms with Crippen LogP contribution in [0.4, 0.5) is 5.69 Å². The third kappa shape index (κ3) is 3.73. The van der Waals surface area contributed by atoms with Crippen LogP contribution < -0.4 is 10.2 Å². The normalized spacial score (nSPS) is 17.1. The van der Waals surface area contributed by atoms with Gasteiger partial charge in [-0.3, -0.25) is 4.79 Å². The minimum Gasteiger partial charge on any atom is -0.389 e. The van der Waals surface area contributed by atoms with E-state index in [1.54, 1.807) is 13.0 Å². The Morgan fingerprint density at radius 1 is 1.48 bits per heavy atom. The molecule has 2 rings (SSSR count). The predicted molar refractivity (Wildman–Crippen MR) is 80.8 cm³/mol. The highest BCUT2D eigenvalue weighted by atomic mass is 16.3. The molecule has 0 aromatic heterocycles. The molecule has 1 aromatic rings. The lowest BCUT2D eigenvalue weighted by molar-refractivity contribution is -0.119. The van der Waals surface area contributed by atoms with Gasteiger partial charge < -0.3 is 15.3 Å². The fraction of sp³-hybridized carbons (Fsp3) is 0.500. The zero-order valence-corrected chi connectivity index (χ0v) is 12.5. The molecular formula is C16H21N3O2. The number of piperidine rings is 1. The summed E-state index contributed by atoms with van der Waals surface area (Å²) in [7, 11) is 0. The first-order chi connectivity index (χ1) is 10.0. The van der Waals surface area contributed by atoms with E-state index in [0.29, 0.717) is 5.56 Å². The topological polar surface area (TPSA) is 76.4 Å². The number of anilines is 1. The summed E-state index contributed by atoms with van der Waals surface area (Å²) >= 11 is 0. The molecule has 1 aromatic carbocycles. The minimum absolute atomic E-state index is 0.00426. The fourth-order valence-corrected chi connectivity index (χ4v) is 2.79. The lowest BCUT2D eigenvalue weighted by atomic mass is 10.00. The van der Waals surface area contributed by atoms with Crippen molar-refractivity contribution in [1.82, 2.24) is 5.32 Å². The van der Waals surface area contributed by atoms with E-state index in [2.05, 4.69) is 16.3 Å². The summed E-state index contributed by atoms with van der Waals surface area (Å²) in [4.78, 5) is 13.3. The molecule has 0 radical (unpaired) electrons. The van der Waals surface area contributed by atoms with Gasteiger partial charge in [0.25, 0.3) is 0 Å². The maximum atomic E-state index is 11.1. The van der Waals surface area contributed by atoms with Crippen LogP contribution in [-0.4, -0.2) is 30.1 Å². The van der Waals surface area contributed by atoms with Crippen LogP contribution in [0.5, 0.6) is 0 Å². The lowest BCUT2D eigenvalue weighted by Crippen LogP contribution is -2.44. The van der Waals surface area contributed by atoms with E-state index < -0.39 is 6.10 Å². The standard InChI is InChI=1S/C16H21N3O2/c1-11(20)15-4-3-13(10-17)9-16(15)19-7-5-14(6-8-19)18-12(2)21/h3-4,9,11,14,20H,5-8H2,1-2H3,(H,18,21). The highest BCUT2D eigenvalue weighted by molar-refractivity contribution is 5.73. The minimum atomic E-state index is -0.569. The number of amides is 1. The SMILES string of the molecule is CC(=O)NC1CCN(c2cc(C#N)ccc2C(C)O)CC1. The quantitative estimate of drug-likeness (QED) is 0.887. The summed E-state index contributed by atoms with van der Waals surface area (Å²) in [5.74, 6) is 0.00426. The van der Waals surface area contributed by atoms with Gasteiger partial charge in [0.1, 0.15) is 0 Å². The summed E-state index contributed by atoms with van der Waals surface area (Å²) in [6, 6.07) is 7.74. The summed E-state index contributed by atoms with van der Waals surface area (Å²) < 4.78 is 0. The van der Waals surface area contributed by atoms with Crippen molar-refractivity contribution in [3.8, 4) is 6.07 Å². The summed E-state index contributed by atoms with van der Waals surface area (Å²) in [5.41, 5.74) is 2.36. The average molecular weight is 287 g/mol. The molecule has 21 heavy (non-hydrogen) atoms. The molecule has 1 aliphatic rings. The van der Waals surface area contributed by atoms with E-state index in [1.165, 1.54) is 6.92 Å². The molecule has 1 saturated heterocycles. The Balaban J connectivity index is 2.15. The van der Waals surface area contributed by atoms with Gasteiger partial charge in [0.15, 0.2) is 0 Å². The second-order valence-corrected chi connectivity index (χ2v) is 5.52. The highest BCUT2D eigenvalue weighted by Gasteiger charge is 2.22. The van der Waals surface area contributed by atoms with Gasteiger partial charge in [0, 0.05) is 37.3 Å². The Kier molecular flexibility index (Phi) is 4.81. The van der Waals surface area contributed by atoms with Crippen LogP contribution in [-0.2, 0) is 4.79 Å². The third-order valence-corrected chi connectivity index (χ3v) is 3.85. The van der Waals surface area contributed by atoms with Gasteiger partial charge >= 0.3 is 0 Å². The van der Waals surface area contributed by atoms with Gasteiger partial charge in [-0.15, -0.1) is 0 Å². The second-order valence-electron chi connectivity index (χ2n) is 5.52. The van der Waals surface area contributed by atoms with Crippen LogP contribution in [0.1, 0.15) is 43.9 Å². The first kappa shape index (κ1) is 15.3. The van der Waals surface area contributed by atoms with Gasteiger partial charge in [-0.25, -0.2) is 0 Å². The predicted octanol–water partition coefficient (Wildman–Crippen LogP) is 1.72. The molecular weight excluding hydrogens is 266 g/mol. The molecule has 0 saturated carbocycles. The van der Waals surface area contributed by atoms with Crippen molar-refractivity contribution in [2.75, 3.05) is 18.0 Å². The number of aliphatic hydroxyl groups excluding tert-OH is 1. The van der Waals surface area contributed by atoms with Crippen LogP contribution in [0, 0.1) is 11.3 Å². The number of nitriles is 1. The van der Waals surface area contributed by atoms with Crippen molar-refractivity contribution in [3.63, 3.8) is 0 Å². The van der Waals surface area contributed by atoms with Crippen molar-refractivity contribution in [1.29, 1.82) is 5.26 Å². The van der Waals surface area contributed by atoms with E-state index in [9.17, 15) is 9.90 Å². The Labute approximate surface area is 125 Å². The van der Waals surface area contributed by atoms with E-state index in [1.807, 2.05) is 12.1 Å². The zero-order chi connectivity index (χ0) is 15.4. The van der Waals surface area contributed by atoms with E-state index in [0.717, 1.165) is 37.2 Å². The monoisotopic (exact) mass is 287 g/mol. The van der Waals surface area contributed by atoms with E-state index in [-0.39, 0.29) is 11.9 Å². The van der Waals surface area contributed by atoms with Crippen molar-refractivity contribution >= 4 is 11.6 Å². The number of rotatable bonds is 3. The van der Waals surface area contributed by atoms with Crippen LogP contribution in [0.15, 0.2) is 18.2 Å². The molecule has 0 spiro atoms. The molecule has 1 amide bonds. The Morgan fingerprint density at radius 2 is 2.14 bits per heavy atom. The Morgan fingerprint density at radius 3 is 2.67 bits per heavy atom. The Bertz CT molecular complexity index is 555. The number of nitrogens with zero attached hydrogens (tertiary/aromatic N) is 2. The summed E-state index contributed by atoms with van der Waals surface area (Å²) in [6.07, 6.45) is 1.17. The number of carbonyl (C=O) groups is 1. The summed E-state index contributed by atoms with van der Waals surface area (Å²) in [6.45, 7) is 4.88. The highest BCUT2D eigenvalue weighted by Crippen LogP contribution is 2.29. The number of carbonyl (C=O) groups excluding carboxylic acids is 1. The molecule has 5 heteroatoms. The number of aliphatic hydroxyl groups is 1. The molecule has 2 N–H and O–H groups in total. The van der Waals surface area contributed by atoms with Crippen LogP contribution in [0.25, 0.3) is 0 Å². The number of hydrogen-bond donors (Lipinski definition) is 2. The van der Waals surface area contributed by atoms with Gasteiger partial charge in [0.2, 0.25) is 5.91 Å². The molecule has 0 aliphatic carbocycles. The molecule has 1 heterocycles. The van der Waals surface area contributed by atoms with Gasteiger partial charge in [-0.1, -0.05) is 6.07 Å². The van der Waals surface area contributed by atoms with Crippen molar-refractivity contribution in [2.24, 2.45) is 0 Å². The largest absolute Gasteiger partial charge is 0.389 e. The van der Waals surface area contributed by atoms with Gasteiger partial charge in [-0.05, 0) is 31.9 Å². The molecule has 1 aliphatic heterocycles. The smallest absolute Gasteiger partial charge is 0.217 e. The lowest BCUT2D eigenvalue weighted by Gasteiger charge is -2.35. The maximum Gasteiger partial charge on any atom is 0.217 e. The molecule has 112 valence electrons. The average Bonchev–Trinajstić information content (AvgIpc) is 2.46. The van der Waals surface area contributed by atoms with Gasteiger partial charge in [-0.2, -0.15) is 5.26 Å². The zero-order valence-electron chi connectivity index (χ0n) is 12.5. The van der Waals surface area contributed by atoms with E-state index in [4.69, 9.17) is 5.26 Å². The number of hydrogen-bond acceptors (Lipinski definition) is 4. The molecule has 1 atom stereocenters. The molecule has 0 bridgehead atoms. The van der Waals surface area contributed by atoms with Crippen LogP contribution >= 0.6 is 0 Å². The van der Waals surface area contributed by atoms with Crippen molar-refractivity contribution in [3.05, 3.63) is 29.3 Å². The third-order valence-electron chi connectivity index (χ3n) is 3.85. The molecule has 1 fully saturated rings. The van der Waals surface area contributed by atoms with Crippen molar-refractivity contribution < 1.29 is 9.90 Å². The van der Waals surface area contributed by atoms with E-state index >= 15 is 0 Å². The maximum absolute atomic E-state index is 11.1. The Hall–Kier alpha value is -2.06.